The molecule has 4 aromatic rings. The third kappa shape index (κ3) is 4.05. The number of benzene rings is 2. The van der Waals surface area contributed by atoms with Crippen molar-refractivity contribution in [3.63, 3.8) is 0 Å². The van der Waals surface area contributed by atoms with Crippen molar-refractivity contribution in [3.8, 4) is 11.5 Å². The van der Waals surface area contributed by atoms with E-state index >= 15 is 0 Å². The second kappa shape index (κ2) is 7.89. The van der Waals surface area contributed by atoms with Crippen LogP contribution in [0.3, 0.4) is 0 Å². The van der Waals surface area contributed by atoms with Crippen LogP contribution < -0.4 is 15.6 Å². The number of fused-ring (bicyclic) bond motifs is 1. The number of hydrogen-bond donors (Lipinski definition) is 1. The molecule has 2 aromatic carbocycles. The van der Waals surface area contributed by atoms with Gasteiger partial charge in [0.25, 0.3) is 5.56 Å². The van der Waals surface area contributed by atoms with Gasteiger partial charge in [-0.1, -0.05) is 18.2 Å². The summed E-state index contributed by atoms with van der Waals surface area (Å²) in [6.07, 6.45) is 1.43. The van der Waals surface area contributed by atoms with E-state index < -0.39 is 6.04 Å². The van der Waals surface area contributed by atoms with Gasteiger partial charge in [-0.3, -0.25) is 14.2 Å². The average Bonchev–Trinajstić information content (AvgIpc) is 3.11. The van der Waals surface area contributed by atoms with Gasteiger partial charge in [0, 0.05) is 10.6 Å². The number of nitrogens with one attached hydrogen (secondary N) is 1. The van der Waals surface area contributed by atoms with Crippen molar-refractivity contribution in [1.29, 1.82) is 0 Å². The number of rotatable bonds is 5. The van der Waals surface area contributed by atoms with E-state index in [1.807, 2.05) is 43.3 Å². The first-order valence-electron chi connectivity index (χ1n) is 9.12. The predicted octanol–water partition coefficient (Wildman–Crippen LogP) is 4.76. The number of carbonyl (C=O) groups excluding carboxylic acids is 1. The predicted molar refractivity (Wildman–Crippen MR) is 115 cm³/mol. The standard InChI is InChI=1S/C22H19N3O3S/c1-14-12-19-21(29-14)23-13-25(22(19)27)15(2)20(26)24-16-8-10-18(11-9-16)28-17-6-4-3-5-7-17/h3-13,15H,1-2H3,(H,24,26)/t15-/m1/s1. The topological polar surface area (TPSA) is 73.2 Å². The van der Waals surface area contributed by atoms with Crippen molar-refractivity contribution in [1.82, 2.24) is 9.55 Å². The van der Waals surface area contributed by atoms with Crippen LogP contribution in [0.15, 0.2) is 71.8 Å². The Labute approximate surface area is 171 Å². The van der Waals surface area contributed by atoms with Gasteiger partial charge in [0.15, 0.2) is 0 Å². The maximum atomic E-state index is 12.7. The van der Waals surface area contributed by atoms with Crippen molar-refractivity contribution < 1.29 is 9.53 Å². The van der Waals surface area contributed by atoms with Crippen LogP contribution in [0.25, 0.3) is 10.2 Å². The Bertz CT molecular complexity index is 1210. The highest BCUT2D eigenvalue weighted by Gasteiger charge is 2.18. The van der Waals surface area contributed by atoms with Gasteiger partial charge in [0.1, 0.15) is 22.4 Å². The highest BCUT2D eigenvalue weighted by molar-refractivity contribution is 7.18. The lowest BCUT2D eigenvalue weighted by Gasteiger charge is -2.15. The van der Waals surface area contributed by atoms with Crippen LogP contribution in [0.5, 0.6) is 11.5 Å². The summed E-state index contributed by atoms with van der Waals surface area (Å²) in [6.45, 7) is 3.60. The van der Waals surface area contributed by atoms with Gasteiger partial charge in [0.2, 0.25) is 5.91 Å². The van der Waals surface area contributed by atoms with E-state index in [2.05, 4.69) is 10.3 Å². The lowest BCUT2D eigenvalue weighted by molar-refractivity contribution is -0.118. The molecule has 1 N–H and O–H groups in total. The summed E-state index contributed by atoms with van der Waals surface area (Å²) in [7, 11) is 0. The fourth-order valence-corrected chi connectivity index (χ4v) is 3.77. The van der Waals surface area contributed by atoms with Crippen LogP contribution in [0, 0.1) is 6.92 Å². The van der Waals surface area contributed by atoms with Gasteiger partial charge in [-0.15, -0.1) is 11.3 Å². The Morgan fingerprint density at radius 3 is 2.52 bits per heavy atom. The van der Waals surface area contributed by atoms with Gasteiger partial charge >= 0.3 is 0 Å². The number of ether oxygens (including phenoxy) is 1. The van der Waals surface area contributed by atoms with Crippen LogP contribution in [0.2, 0.25) is 0 Å². The van der Waals surface area contributed by atoms with Crippen LogP contribution in [-0.2, 0) is 4.79 Å². The zero-order valence-corrected chi connectivity index (χ0v) is 16.8. The molecule has 2 heterocycles. The first kappa shape index (κ1) is 18.9. The molecule has 0 saturated heterocycles. The van der Waals surface area contributed by atoms with Crippen molar-refractivity contribution in [2.24, 2.45) is 0 Å². The molecule has 0 spiro atoms. The molecule has 29 heavy (non-hydrogen) atoms. The molecule has 146 valence electrons. The number of thiophene rings is 1. The molecule has 0 aliphatic rings. The highest BCUT2D eigenvalue weighted by atomic mass is 32.1. The monoisotopic (exact) mass is 405 g/mol. The summed E-state index contributed by atoms with van der Waals surface area (Å²) in [5.41, 5.74) is 0.407. The third-order valence-corrected chi connectivity index (χ3v) is 5.46. The molecule has 0 fully saturated rings. The van der Waals surface area contributed by atoms with Crippen LogP contribution in [0.4, 0.5) is 5.69 Å². The van der Waals surface area contributed by atoms with E-state index in [1.54, 1.807) is 31.2 Å². The molecule has 2 aromatic heterocycles. The molecule has 0 aliphatic carbocycles. The van der Waals surface area contributed by atoms with Crippen molar-refractivity contribution >= 4 is 33.1 Å². The maximum absolute atomic E-state index is 12.7. The molecule has 0 bridgehead atoms. The number of amides is 1. The average molecular weight is 405 g/mol. The second-order valence-electron chi connectivity index (χ2n) is 6.64. The number of nitrogens with zero attached hydrogens (tertiary/aromatic N) is 2. The van der Waals surface area contributed by atoms with E-state index in [-0.39, 0.29) is 11.5 Å². The summed E-state index contributed by atoms with van der Waals surface area (Å²) in [5, 5.41) is 3.37. The van der Waals surface area contributed by atoms with Crippen molar-refractivity contribution in [2.75, 3.05) is 5.32 Å². The van der Waals surface area contributed by atoms with Crippen molar-refractivity contribution in [2.45, 2.75) is 19.9 Å². The second-order valence-corrected chi connectivity index (χ2v) is 7.87. The Kier molecular flexibility index (Phi) is 5.14. The Morgan fingerprint density at radius 1 is 1.10 bits per heavy atom. The largest absolute Gasteiger partial charge is 0.457 e. The highest BCUT2D eigenvalue weighted by Crippen LogP contribution is 2.23. The lowest BCUT2D eigenvalue weighted by atomic mass is 10.2. The fourth-order valence-electron chi connectivity index (χ4n) is 2.94. The minimum Gasteiger partial charge on any atom is -0.457 e. The zero-order chi connectivity index (χ0) is 20.4. The Balaban J connectivity index is 1.47. The maximum Gasteiger partial charge on any atom is 0.262 e. The zero-order valence-electron chi connectivity index (χ0n) is 16.0. The summed E-state index contributed by atoms with van der Waals surface area (Å²) in [4.78, 5) is 31.4. The SMILES string of the molecule is Cc1cc2c(=O)n([C@H](C)C(=O)Nc3ccc(Oc4ccccc4)cc3)cnc2s1. The van der Waals surface area contributed by atoms with E-state index in [0.29, 0.717) is 21.7 Å². The summed E-state index contributed by atoms with van der Waals surface area (Å²) >= 11 is 1.46. The number of hydrogen-bond acceptors (Lipinski definition) is 5. The Hall–Kier alpha value is -3.45. The smallest absolute Gasteiger partial charge is 0.262 e. The first-order valence-corrected chi connectivity index (χ1v) is 9.94. The van der Waals surface area contributed by atoms with Gasteiger partial charge in [-0.05, 0) is 56.3 Å². The molecule has 1 atom stereocenters. The van der Waals surface area contributed by atoms with Crippen LogP contribution >= 0.6 is 11.3 Å². The molecule has 1 amide bonds. The number of aromatic nitrogens is 2. The third-order valence-electron chi connectivity index (χ3n) is 4.50. The van der Waals surface area contributed by atoms with Crippen molar-refractivity contribution in [3.05, 3.63) is 82.2 Å². The lowest BCUT2D eigenvalue weighted by Crippen LogP contribution is -2.31. The van der Waals surface area contributed by atoms with Gasteiger partial charge < -0.3 is 10.1 Å². The molecule has 6 nitrogen and oxygen atoms in total. The van der Waals surface area contributed by atoms with Gasteiger partial charge in [-0.2, -0.15) is 0 Å². The molecule has 0 radical (unpaired) electrons. The normalized spacial score (nSPS) is 11.9. The van der Waals surface area contributed by atoms with E-state index in [0.717, 1.165) is 10.6 Å². The summed E-state index contributed by atoms with van der Waals surface area (Å²) in [5.74, 6) is 1.11. The molecule has 0 unspecified atom stereocenters. The van der Waals surface area contributed by atoms with Gasteiger partial charge in [-0.25, -0.2) is 4.98 Å². The minimum atomic E-state index is -0.695. The Morgan fingerprint density at radius 2 is 1.79 bits per heavy atom. The number of aryl methyl sites for hydroxylation is 1. The van der Waals surface area contributed by atoms with E-state index in [4.69, 9.17) is 4.74 Å². The fraction of sp³-hybridized carbons (Fsp3) is 0.136. The van der Waals surface area contributed by atoms with Crippen LogP contribution in [-0.4, -0.2) is 15.5 Å². The number of anilines is 1. The van der Waals surface area contributed by atoms with Gasteiger partial charge in [0.05, 0.1) is 11.7 Å². The number of carbonyl (C=O) groups is 1. The molecular weight excluding hydrogens is 386 g/mol. The molecule has 7 heteroatoms. The van der Waals surface area contributed by atoms with E-state index in [1.165, 1.54) is 22.2 Å². The summed E-state index contributed by atoms with van der Waals surface area (Å²) < 4.78 is 7.11. The summed E-state index contributed by atoms with van der Waals surface area (Å²) in [6, 6.07) is 17.7. The molecular formula is C22H19N3O3S. The molecule has 0 aliphatic heterocycles. The molecule has 0 saturated carbocycles. The first-order chi connectivity index (χ1) is 14.0. The minimum absolute atomic E-state index is 0.214. The molecule has 4 rings (SSSR count). The quantitative estimate of drug-likeness (QED) is 0.520. The van der Waals surface area contributed by atoms with E-state index in [9.17, 15) is 9.59 Å². The number of para-hydroxylation sites is 1. The van der Waals surface area contributed by atoms with Crippen LogP contribution in [0.1, 0.15) is 17.8 Å².